The SMILES string of the molecule is C[C@H](Nc1ccc2ccccc2c1)C(=O)N[C@@H](C)C(=O)OCc1ccccc1.Cl. The molecule has 2 atom stereocenters. The lowest BCUT2D eigenvalue weighted by Crippen LogP contribution is -2.45. The van der Waals surface area contributed by atoms with E-state index in [0.717, 1.165) is 22.0 Å². The maximum Gasteiger partial charge on any atom is 0.328 e. The third-order valence-corrected chi connectivity index (χ3v) is 4.46. The summed E-state index contributed by atoms with van der Waals surface area (Å²) in [5, 5.41) is 8.10. The molecule has 0 unspecified atom stereocenters. The zero-order valence-corrected chi connectivity index (χ0v) is 17.2. The molecular weight excluding hydrogens is 388 g/mol. The standard InChI is InChI=1S/C23H24N2O3.ClH/c1-16(24-21-13-12-19-10-6-7-11-20(19)14-21)22(26)25-17(2)23(27)28-15-18-8-4-3-5-9-18;/h3-14,16-17,24H,15H2,1-2H3,(H,25,26);1H/t16-,17-;/m0./s1. The van der Waals surface area contributed by atoms with Gasteiger partial charge in [-0.05, 0) is 42.3 Å². The van der Waals surface area contributed by atoms with Crippen molar-refractivity contribution in [1.29, 1.82) is 0 Å². The number of esters is 1. The lowest BCUT2D eigenvalue weighted by Gasteiger charge is -2.19. The Labute approximate surface area is 176 Å². The lowest BCUT2D eigenvalue weighted by molar-refractivity contribution is -0.148. The summed E-state index contributed by atoms with van der Waals surface area (Å²) in [6.45, 7) is 3.56. The molecular formula is C23H25ClN2O3. The summed E-state index contributed by atoms with van der Waals surface area (Å²) in [4.78, 5) is 24.5. The maximum absolute atomic E-state index is 12.4. The first-order valence-corrected chi connectivity index (χ1v) is 9.29. The molecule has 0 aliphatic carbocycles. The van der Waals surface area contributed by atoms with Crippen LogP contribution >= 0.6 is 12.4 Å². The Kier molecular flexibility index (Phi) is 8.04. The number of rotatable bonds is 7. The first-order valence-electron chi connectivity index (χ1n) is 9.29. The molecule has 0 fully saturated rings. The van der Waals surface area contributed by atoms with Crippen LogP contribution in [0.4, 0.5) is 5.69 Å². The van der Waals surface area contributed by atoms with Crippen molar-refractivity contribution >= 4 is 40.7 Å². The van der Waals surface area contributed by atoms with Crippen molar-refractivity contribution < 1.29 is 14.3 Å². The van der Waals surface area contributed by atoms with Crippen molar-refractivity contribution in [3.05, 3.63) is 78.4 Å². The molecule has 0 aromatic heterocycles. The minimum absolute atomic E-state index is 0. The third-order valence-electron chi connectivity index (χ3n) is 4.46. The molecule has 0 spiro atoms. The molecule has 3 aromatic carbocycles. The van der Waals surface area contributed by atoms with Crippen LogP contribution in [0.2, 0.25) is 0 Å². The van der Waals surface area contributed by atoms with Gasteiger partial charge in [0.2, 0.25) is 5.91 Å². The first kappa shape index (κ1) is 22.2. The Bertz CT molecular complexity index is 963. The normalized spacial score (nSPS) is 12.3. The molecule has 0 aliphatic heterocycles. The topological polar surface area (TPSA) is 67.4 Å². The first-order chi connectivity index (χ1) is 13.5. The molecule has 1 amide bonds. The summed E-state index contributed by atoms with van der Waals surface area (Å²) in [5.41, 5.74) is 1.75. The fourth-order valence-electron chi connectivity index (χ4n) is 2.85. The molecule has 0 saturated carbocycles. The average molecular weight is 413 g/mol. The van der Waals surface area contributed by atoms with E-state index in [0.29, 0.717) is 0 Å². The minimum Gasteiger partial charge on any atom is -0.459 e. The molecule has 2 N–H and O–H groups in total. The molecule has 3 rings (SSSR count). The van der Waals surface area contributed by atoms with E-state index in [1.54, 1.807) is 13.8 Å². The maximum atomic E-state index is 12.4. The van der Waals surface area contributed by atoms with Crippen molar-refractivity contribution in [2.24, 2.45) is 0 Å². The van der Waals surface area contributed by atoms with Crippen molar-refractivity contribution in [3.63, 3.8) is 0 Å². The zero-order valence-electron chi connectivity index (χ0n) is 16.4. The predicted octanol–water partition coefficient (Wildman–Crippen LogP) is 4.31. The quantitative estimate of drug-likeness (QED) is 0.567. The number of fused-ring (bicyclic) bond motifs is 1. The summed E-state index contributed by atoms with van der Waals surface area (Å²) in [6, 6.07) is 22.2. The van der Waals surface area contributed by atoms with Gasteiger partial charge in [0.25, 0.3) is 0 Å². The van der Waals surface area contributed by atoms with Crippen LogP contribution in [0.5, 0.6) is 0 Å². The summed E-state index contributed by atoms with van der Waals surface area (Å²) >= 11 is 0. The van der Waals surface area contributed by atoms with Crippen LogP contribution in [0.15, 0.2) is 72.8 Å². The van der Waals surface area contributed by atoms with E-state index < -0.39 is 18.1 Å². The van der Waals surface area contributed by atoms with Gasteiger partial charge in [-0.15, -0.1) is 12.4 Å². The van der Waals surface area contributed by atoms with Crippen LogP contribution in [0.25, 0.3) is 10.8 Å². The molecule has 5 nitrogen and oxygen atoms in total. The summed E-state index contributed by atoms with van der Waals surface area (Å²) < 4.78 is 5.26. The minimum atomic E-state index is -0.725. The van der Waals surface area contributed by atoms with E-state index in [4.69, 9.17) is 4.74 Å². The molecule has 0 radical (unpaired) electrons. The van der Waals surface area contributed by atoms with Gasteiger partial charge in [-0.1, -0.05) is 60.7 Å². The highest BCUT2D eigenvalue weighted by molar-refractivity contribution is 5.90. The number of anilines is 1. The van der Waals surface area contributed by atoms with Crippen LogP contribution in [-0.2, 0) is 20.9 Å². The van der Waals surface area contributed by atoms with Gasteiger partial charge in [-0.2, -0.15) is 0 Å². The highest BCUT2D eigenvalue weighted by atomic mass is 35.5. The molecule has 152 valence electrons. The van der Waals surface area contributed by atoms with Gasteiger partial charge in [0.15, 0.2) is 0 Å². The molecule has 0 aliphatic rings. The van der Waals surface area contributed by atoms with Gasteiger partial charge >= 0.3 is 5.97 Å². The van der Waals surface area contributed by atoms with Crippen molar-refractivity contribution in [3.8, 4) is 0 Å². The van der Waals surface area contributed by atoms with E-state index in [2.05, 4.69) is 10.6 Å². The second-order valence-electron chi connectivity index (χ2n) is 6.75. The van der Waals surface area contributed by atoms with Crippen LogP contribution in [-0.4, -0.2) is 24.0 Å². The van der Waals surface area contributed by atoms with E-state index in [-0.39, 0.29) is 24.9 Å². The van der Waals surface area contributed by atoms with E-state index in [1.165, 1.54) is 0 Å². The number of nitrogens with one attached hydrogen (secondary N) is 2. The van der Waals surface area contributed by atoms with E-state index in [9.17, 15) is 9.59 Å². The summed E-state index contributed by atoms with van der Waals surface area (Å²) in [5.74, 6) is -0.729. The molecule has 3 aromatic rings. The van der Waals surface area contributed by atoms with Gasteiger partial charge in [-0.25, -0.2) is 4.79 Å². The number of hydrogen-bond acceptors (Lipinski definition) is 4. The number of amides is 1. The van der Waals surface area contributed by atoms with Crippen molar-refractivity contribution in [2.75, 3.05) is 5.32 Å². The van der Waals surface area contributed by atoms with Crippen LogP contribution in [0.3, 0.4) is 0 Å². The van der Waals surface area contributed by atoms with Crippen LogP contribution in [0, 0.1) is 0 Å². The number of hydrogen-bond donors (Lipinski definition) is 2. The molecule has 29 heavy (non-hydrogen) atoms. The van der Waals surface area contributed by atoms with E-state index >= 15 is 0 Å². The second-order valence-corrected chi connectivity index (χ2v) is 6.75. The predicted molar refractivity (Wildman–Crippen MR) is 118 cm³/mol. The van der Waals surface area contributed by atoms with Gasteiger partial charge in [0.05, 0.1) is 0 Å². The Balaban J connectivity index is 0.00000300. The van der Waals surface area contributed by atoms with Gasteiger partial charge in [0, 0.05) is 5.69 Å². The molecule has 0 heterocycles. The summed E-state index contributed by atoms with van der Waals surface area (Å²) in [6.07, 6.45) is 0. The Hall–Kier alpha value is -3.05. The highest BCUT2D eigenvalue weighted by Crippen LogP contribution is 2.19. The van der Waals surface area contributed by atoms with Crippen molar-refractivity contribution in [1.82, 2.24) is 5.32 Å². The Morgan fingerprint density at radius 2 is 1.52 bits per heavy atom. The zero-order chi connectivity index (χ0) is 19.9. The van der Waals surface area contributed by atoms with Crippen molar-refractivity contribution in [2.45, 2.75) is 32.5 Å². The fraction of sp³-hybridized carbons (Fsp3) is 0.217. The van der Waals surface area contributed by atoms with Crippen LogP contribution < -0.4 is 10.6 Å². The summed E-state index contributed by atoms with van der Waals surface area (Å²) in [7, 11) is 0. The molecule has 0 saturated heterocycles. The third kappa shape index (κ3) is 6.22. The Morgan fingerprint density at radius 1 is 0.862 bits per heavy atom. The number of benzene rings is 3. The Morgan fingerprint density at radius 3 is 2.24 bits per heavy atom. The average Bonchev–Trinajstić information content (AvgIpc) is 2.72. The number of halogens is 1. The number of carbonyl (C=O) groups excluding carboxylic acids is 2. The van der Waals surface area contributed by atoms with E-state index in [1.807, 2.05) is 72.8 Å². The van der Waals surface area contributed by atoms with Gasteiger partial charge in [-0.3, -0.25) is 4.79 Å². The van der Waals surface area contributed by atoms with Gasteiger partial charge in [0.1, 0.15) is 18.7 Å². The largest absolute Gasteiger partial charge is 0.459 e. The highest BCUT2D eigenvalue weighted by Gasteiger charge is 2.20. The molecule has 0 bridgehead atoms. The van der Waals surface area contributed by atoms with Crippen LogP contribution in [0.1, 0.15) is 19.4 Å². The fourth-order valence-corrected chi connectivity index (χ4v) is 2.85. The number of carbonyl (C=O) groups is 2. The molecule has 6 heteroatoms. The second kappa shape index (κ2) is 10.5. The lowest BCUT2D eigenvalue weighted by atomic mass is 10.1. The van der Waals surface area contributed by atoms with Gasteiger partial charge < -0.3 is 15.4 Å². The smallest absolute Gasteiger partial charge is 0.328 e. The number of ether oxygens (including phenoxy) is 1. The monoisotopic (exact) mass is 412 g/mol.